The normalized spacial score (nSPS) is 13.4. The van der Waals surface area contributed by atoms with Gasteiger partial charge in [-0.15, -0.1) is 0 Å². The van der Waals surface area contributed by atoms with Gasteiger partial charge in [0.15, 0.2) is 6.10 Å². The van der Waals surface area contributed by atoms with Crippen LogP contribution >= 0.6 is 7.82 Å². The van der Waals surface area contributed by atoms with Crippen LogP contribution in [-0.2, 0) is 32.7 Å². The fourth-order valence-electron chi connectivity index (χ4n) is 9.53. The van der Waals surface area contributed by atoms with E-state index in [-0.39, 0.29) is 38.6 Å². The van der Waals surface area contributed by atoms with Gasteiger partial charge in [0.25, 0.3) is 0 Å². The maximum atomic E-state index is 12.7. The minimum absolute atomic E-state index is 0.0539. The Balaban J connectivity index is 3.87. The molecule has 10 heteroatoms. The van der Waals surface area contributed by atoms with Gasteiger partial charge < -0.3 is 20.1 Å². The second-order valence-electron chi connectivity index (χ2n) is 22.0. The zero-order valence-corrected chi connectivity index (χ0v) is 51.8. The third-order valence-electron chi connectivity index (χ3n) is 14.4. The highest BCUT2D eigenvalue weighted by atomic mass is 31.2. The van der Waals surface area contributed by atoms with E-state index in [1.54, 1.807) is 0 Å². The molecule has 0 fully saturated rings. The first-order valence-electron chi connectivity index (χ1n) is 32.9. The minimum atomic E-state index is -4.39. The van der Waals surface area contributed by atoms with Crippen LogP contribution in [0.1, 0.15) is 316 Å². The molecule has 0 amide bonds. The van der Waals surface area contributed by atoms with Gasteiger partial charge in [-0.3, -0.25) is 18.6 Å². The molecular weight excluding hydrogens is 990 g/mol. The van der Waals surface area contributed by atoms with Crippen LogP contribution < -0.4 is 5.73 Å². The molecule has 78 heavy (non-hydrogen) atoms. The van der Waals surface area contributed by atoms with Crippen LogP contribution in [-0.4, -0.2) is 49.3 Å². The standard InChI is InChI=1S/C68H124NO8P/c1-3-5-7-9-11-13-15-17-19-21-23-25-27-28-29-30-31-32-33-34-35-36-37-38-39-41-43-45-47-49-51-53-55-57-59-61-68(71)77-66(65-76-78(72,73)75-63-62-69)64-74-67(70)60-58-56-54-52-50-48-46-44-42-40-26-24-22-20-18-16-14-12-10-8-6-4-2/h5,7,11,13,17,19,23,25,28-29,31-32,66H,3-4,6,8-10,12,14-16,18,20-22,24,26-27,30,33-65,69H2,1-2H3,(H,72,73)/b7-5-,13-11-,19-17-,25-23-,29-28-,32-31-. The van der Waals surface area contributed by atoms with E-state index in [0.717, 1.165) is 77.0 Å². The van der Waals surface area contributed by atoms with Crippen molar-refractivity contribution in [3.05, 3.63) is 72.9 Å². The Labute approximate surface area is 482 Å². The van der Waals surface area contributed by atoms with Gasteiger partial charge >= 0.3 is 19.8 Å². The fraction of sp³-hybridized carbons (Fsp3) is 0.794. The number of nitrogens with two attached hydrogens (primary N) is 1. The SMILES string of the molecule is CC/C=C\C/C=C\C/C=C\C/C=C\C/C=C\C/C=C\CCCCCCCCCCCCCCCCCCC(=O)OC(COC(=O)CCCCCCCCCCCCCCCCCCCCCCCC)COP(=O)(O)OCCN. The Hall–Kier alpha value is -2.55. The number of phosphoric ester groups is 1. The molecule has 0 aliphatic rings. The first kappa shape index (κ1) is 75.5. The highest BCUT2D eigenvalue weighted by Gasteiger charge is 2.26. The molecule has 0 rings (SSSR count). The van der Waals surface area contributed by atoms with Crippen molar-refractivity contribution in [3.63, 3.8) is 0 Å². The van der Waals surface area contributed by atoms with Crippen molar-refractivity contribution < 1.29 is 37.6 Å². The molecule has 2 atom stereocenters. The highest BCUT2D eigenvalue weighted by Crippen LogP contribution is 2.43. The van der Waals surface area contributed by atoms with Gasteiger partial charge in [0.05, 0.1) is 13.2 Å². The van der Waals surface area contributed by atoms with E-state index in [9.17, 15) is 19.0 Å². The smallest absolute Gasteiger partial charge is 0.462 e. The zero-order chi connectivity index (χ0) is 56.6. The van der Waals surface area contributed by atoms with Crippen molar-refractivity contribution in [2.24, 2.45) is 5.73 Å². The van der Waals surface area contributed by atoms with Gasteiger partial charge in [-0.05, 0) is 64.2 Å². The van der Waals surface area contributed by atoms with E-state index < -0.39 is 26.5 Å². The van der Waals surface area contributed by atoms with Crippen LogP contribution in [0, 0.1) is 0 Å². The second kappa shape index (κ2) is 63.6. The van der Waals surface area contributed by atoms with Crippen LogP contribution in [0.4, 0.5) is 0 Å². The quantitative estimate of drug-likeness (QED) is 0.0264. The monoisotopic (exact) mass is 1110 g/mol. The molecule has 3 N–H and O–H groups in total. The third kappa shape index (κ3) is 62.6. The lowest BCUT2D eigenvalue weighted by Crippen LogP contribution is -2.29. The van der Waals surface area contributed by atoms with Crippen molar-refractivity contribution >= 4 is 19.8 Å². The molecule has 0 saturated heterocycles. The molecule has 0 aromatic rings. The van der Waals surface area contributed by atoms with Gasteiger partial charge in [0, 0.05) is 19.4 Å². The van der Waals surface area contributed by atoms with Crippen molar-refractivity contribution in [2.45, 2.75) is 322 Å². The van der Waals surface area contributed by atoms with Gasteiger partial charge in [-0.25, -0.2) is 4.57 Å². The molecule has 0 aliphatic heterocycles. The lowest BCUT2D eigenvalue weighted by atomic mass is 10.0. The highest BCUT2D eigenvalue weighted by molar-refractivity contribution is 7.47. The molecule has 0 aromatic heterocycles. The number of hydrogen-bond donors (Lipinski definition) is 2. The Morgan fingerprint density at radius 3 is 1.05 bits per heavy atom. The molecule has 2 unspecified atom stereocenters. The van der Waals surface area contributed by atoms with Crippen LogP contribution in [0.2, 0.25) is 0 Å². The molecule has 9 nitrogen and oxygen atoms in total. The Morgan fingerprint density at radius 2 is 0.705 bits per heavy atom. The Morgan fingerprint density at radius 1 is 0.397 bits per heavy atom. The molecular formula is C68H124NO8P. The largest absolute Gasteiger partial charge is 0.472 e. The molecule has 0 bridgehead atoms. The predicted octanol–water partition coefficient (Wildman–Crippen LogP) is 21.2. The minimum Gasteiger partial charge on any atom is -0.462 e. The second-order valence-corrected chi connectivity index (χ2v) is 23.4. The summed E-state index contributed by atoms with van der Waals surface area (Å²) in [4.78, 5) is 35.3. The summed E-state index contributed by atoms with van der Waals surface area (Å²) in [5, 5.41) is 0. The summed E-state index contributed by atoms with van der Waals surface area (Å²) >= 11 is 0. The van der Waals surface area contributed by atoms with Gasteiger partial charge in [0.2, 0.25) is 0 Å². The van der Waals surface area contributed by atoms with Gasteiger partial charge in [-0.1, -0.05) is 311 Å². The molecule has 0 radical (unpaired) electrons. The van der Waals surface area contributed by atoms with Crippen molar-refractivity contribution in [2.75, 3.05) is 26.4 Å². The van der Waals surface area contributed by atoms with Gasteiger partial charge in [0.1, 0.15) is 6.61 Å². The number of unbranched alkanes of at least 4 members (excludes halogenated alkanes) is 37. The summed E-state index contributed by atoms with van der Waals surface area (Å²) in [5.74, 6) is -0.812. The summed E-state index contributed by atoms with van der Waals surface area (Å²) in [6.45, 7) is 3.68. The van der Waals surface area contributed by atoms with E-state index in [1.165, 1.54) is 205 Å². The van der Waals surface area contributed by atoms with Crippen LogP contribution in [0.5, 0.6) is 0 Å². The molecule has 0 heterocycles. The van der Waals surface area contributed by atoms with E-state index >= 15 is 0 Å². The number of carbonyl (C=O) groups is 2. The van der Waals surface area contributed by atoms with Crippen LogP contribution in [0.3, 0.4) is 0 Å². The number of hydrogen-bond acceptors (Lipinski definition) is 8. The maximum absolute atomic E-state index is 12.7. The zero-order valence-electron chi connectivity index (χ0n) is 50.9. The van der Waals surface area contributed by atoms with Gasteiger partial charge in [-0.2, -0.15) is 0 Å². The number of esters is 2. The summed E-state index contributed by atoms with van der Waals surface area (Å²) in [6.07, 6.45) is 82.7. The first-order chi connectivity index (χ1) is 38.3. The first-order valence-corrected chi connectivity index (χ1v) is 34.4. The van der Waals surface area contributed by atoms with E-state index in [4.69, 9.17) is 24.3 Å². The van der Waals surface area contributed by atoms with Crippen molar-refractivity contribution in [3.8, 4) is 0 Å². The maximum Gasteiger partial charge on any atom is 0.472 e. The lowest BCUT2D eigenvalue weighted by molar-refractivity contribution is -0.161. The summed E-state index contributed by atoms with van der Waals surface area (Å²) < 4.78 is 33.1. The number of allylic oxidation sites excluding steroid dienone is 12. The van der Waals surface area contributed by atoms with Crippen molar-refractivity contribution in [1.29, 1.82) is 0 Å². The van der Waals surface area contributed by atoms with Crippen molar-refractivity contribution in [1.82, 2.24) is 0 Å². The van der Waals surface area contributed by atoms with Crippen LogP contribution in [0.15, 0.2) is 72.9 Å². The van der Waals surface area contributed by atoms with Crippen LogP contribution in [0.25, 0.3) is 0 Å². The lowest BCUT2D eigenvalue weighted by Gasteiger charge is -2.19. The fourth-order valence-corrected chi connectivity index (χ4v) is 10.3. The summed E-state index contributed by atoms with van der Waals surface area (Å²) in [7, 11) is -4.39. The Bertz CT molecular complexity index is 1510. The molecule has 0 spiro atoms. The number of carbonyl (C=O) groups excluding carboxylic acids is 2. The molecule has 0 aromatic carbocycles. The summed E-state index contributed by atoms with van der Waals surface area (Å²) in [6, 6.07) is 0. The molecule has 454 valence electrons. The molecule has 0 saturated carbocycles. The topological polar surface area (TPSA) is 134 Å². The number of rotatable bonds is 62. The van der Waals surface area contributed by atoms with E-state index in [2.05, 4.69) is 86.8 Å². The predicted molar refractivity (Wildman–Crippen MR) is 335 cm³/mol. The summed E-state index contributed by atoms with van der Waals surface area (Å²) in [5.41, 5.74) is 5.40. The molecule has 0 aliphatic carbocycles. The third-order valence-corrected chi connectivity index (χ3v) is 15.3. The Kier molecular flexibility index (Phi) is 61.5. The van der Waals surface area contributed by atoms with E-state index in [1.807, 2.05) is 0 Å². The average Bonchev–Trinajstić information content (AvgIpc) is 3.43. The number of ether oxygens (including phenoxy) is 2. The van der Waals surface area contributed by atoms with E-state index in [0.29, 0.717) is 6.42 Å². The number of phosphoric acid groups is 1. The average molecular weight is 1110 g/mol.